The summed E-state index contributed by atoms with van der Waals surface area (Å²) in [5.41, 5.74) is 1.49. The van der Waals surface area contributed by atoms with Crippen LogP contribution < -0.4 is 4.74 Å². The number of hydrogen-bond donors (Lipinski definition) is 0. The summed E-state index contributed by atoms with van der Waals surface area (Å²) in [5.74, 6) is 0.371. The highest BCUT2D eigenvalue weighted by atomic mass is 28.4. The molecule has 2 saturated heterocycles. The van der Waals surface area contributed by atoms with Crippen LogP contribution in [0.3, 0.4) is 0 Å². The van der Waals surface area contributed by atoms with Gasteiger partial charge in [0, 0.05) is 48.7 Å². The maximum atomic E-state index is 13.5. The molecule has 1 aromatic heterocycles. The van der Waals surface area contributed by atoms with Gasteiger partial charge < -0.3 is 27.5 Å². The molecule has 0 saturated carbocycles. The van der Waals surface area contributed by atoms with Crippen molar-refractivity contribution in [1.29, 1.82) is 0 Å². The number of ketones is 2. The second kappa shape index (κ2) is 16.5. The largest absolute Gasteiger partial charge is 0.489 e. The van der Waals surface area contributed by atoms with Crippen molar-refractivity contribution < 1.29 is 37.1 Å². The number of carbonyl (C=O) groups excluding carboxylic acids is 2. The first-order chi connectivity index (χ1) is 22.8. The molecular formula is C37H59NO8Si3. The SMILES string of the molecule is C[C@@H]([C@@H]1O[C@H]1C[C@@H]1OC[C@H](CC(=O)CC(=O)c2ccc(OCc3ccncc3)cc2)[C@@H](O[Si](C)(C)C)[C@@H]1O[Si](C)(C)C)[C@H](C)O[Si](C)(C)C. The lowest BCUT2D eigenvalue weighted by Gasteiger charge is -2.47. The fourth-order valence-corrected chi connectivity index (χ4v) is 9.99. The van der Waals surface area contributed by atoms with E-state index < -0.39 is 25.0 Å². The molecule has 0 amide bonds. The zero-order valence-corrected chi connectivity index (χ0v) is 34.5. The Morgan fingerprint density at radius 1 is 0.837 bits per heavy atom. The summed E-state index contributed by atoms with van der Waals surface area (Å²) >= 11 is 0. The predicted molar refractivity (Wildman–Crippen MR) is 200 cm³/mol. The van der Waals surface area contributed by atoms with Gasteiger partial charge in [-0.3, -0.25) is 14.6 Å². The molecule has 3 heterocycles. The lowest BCUT2D eigenvalue weighted by Crippen LogP contribution is -2.58. The highest BCUT2D eigenvalue weighted by molar-refractivity contribution is 6.70. The summed E-state index contributed by atoms with van der Waals surface area (Å²) in [5, 5.41) is 0. The summed E-state index contributed by atoms with van der Waals surface area (Å²) in [4.78, 5) is 30.7. The molecule has 0 radical (unpaired) electrons. The van der Waals surface area contributed by atoms with Crippen LogP contribution in [0.5, 0.6) is 5.75 Å². The van der Waals surface area contributed by atoms with E-state index in [4.69, 9.17) is 27.5 Å². The van der Waals surface area contributed by atoms with Gasteiger partial charge in [-0.05, 0) is 108 Å². The Bertz CT molecular complexity index is 1370. The molecule has 0 unspecified atom stereocenters. The lowest BCUT2D eigenvalue weighted by atomic mass is 9.85. The number of carbonyl (C=O) groups is 2. The van der Waals surface area contributed by atoms with Crippen LogP contribution in [0.1, 0.15) is 49.0 Å². The van der Waals surface area contributed by atoms with E-state index in [0.29, 0.717) is 30.9 Å². The van der Waals surface area contributed by atoms with E-state index in [0.717, 1.165) is 5.56 Å². The van der Waals surface area contributed by atoms with Crippen molar-refractivity contribution in [1.82, 2.24) is 4.98 Å². The monoisotopic (exact) mass is 729 g/mol. The minimum absolute atomic E-state index is 0.0659. The van der Waals surface area contributed by atoms with Crippen LogP contribution in [0.25, 0.3) is 0 Å². The fourth-order valence-electron chi connectivity index (χ4n) is 6.41. The molecule has 0 bridgehead atoms. The minimum Gasteiger partial charge on any atom is -0.489 e. The van der Waals surface area contributed by atoms with Crippen LogP contribution in [-0.4, -0.2) is 84.7 Å². The molecule has 0 N–H and O–H groups in total. The molecule has 12 heteroatoms. The van der Waals surface area contributed by atoms with Crippen molar-refractivity contribution in [3.05, 3.63) is 59.9 Å². The van der Waals surface area contributed by atoms with Gasteiger partial charge in [0.15, 0.2) is 30.7 Å². The van der Waals surface area contributed by atoms with Crippen molar-refractivity contribution in [2.45, 2.75) is 135 Å². The van der Waals surface area contributed by atoms with Gasteiger partial charge in [-0.2, -0.15) is 0 Å². The van der Waals surface area contributed by atoms with E-state index in [1.807, 2.05) is 12.1 Å². The molecule has 1 aromatic carbocycles. The predicted octanol–water partition coefficient (Wildman–Crippen LogP) is 7.68. The Balaban J connectivity index is 1.40. The molecule has 0 aliphatic carbocycles. The van der Waals surface area contributed by atoms with E-state index in [-0.39, 0.29) is 72.9 Å². The number of aromatic nitrogens is 1. The average molecular weight is 730 g/mol. The van der Waals surface area contributed by atoms with Crippen LogP contribution in [0.15, 0.2) is 48.8 Å². The van der Waals surface area contributed by atoms with Gasteiger partial charge >= 0.3 is 0 Å². The Morgan fingerprint density at radius 3 is 2.04 bits per heavy atom. The molecule has 9 nitrogen and oxygen atoms in total. The topological polar surface area (TPSA) is 106 Å². The van der Waals surface area contributed by atoms with E-state index in [9.17, 15) is 9.59 Å². The first kappa shape index (κ1) is 39.7. The van der Waals surface area contributed by atoms with Crippen LogP contribution >= 0.6 is 0 Å². The van der Waals surface area contributed by atoms with Crippen molar-refractivity contribution in [2.75, 3.05) is 6.61 Å². The molecular weight excluding hydrogens is 671 g/mol. The van der Waals surface area contributed by atoms with Gasteiger partial charge in [-0.25, -0.2) is 0 Å². The van der Waals surface area contributed by atoms with E-state index in [2.05, 4.69) is 77.8 Å². The second-order valence-electron chi connectivity index (χ2n) is 16.7. The number of epoxide rings is 1. The summed E-state index contributed by atoms with van der Waals surface area (Å²) in [6.45, 7) is 24.8. The van der Waals surface area contributed by atoms with Gasteiger partial charge in [0.25, 0.3) is 0 Å². The summed E-state index contributed by atoms with van der Waals surface area (Å²) < 4.78 is 38.7. The van der Waals surface area contributed by atoms with Gasteiger partial charge in [-0.1, -0.05) is 6.92 Å². The first-order valence-corrected chi connectivity index (χ1v) is 28.0. The summed E-state index contributed by atoms with van der Waals surface area (Å²) in [6.07, 6.45) is 3.62. The molecule has 272 valence electrons. The Hall–Kier alpha value is -2.04. The first-order valence-electron chi connectivity index (χ1n) is 17.7. The Morgan fingerprint density at radius 2 is 1.45 bits per heavy atom. The smallest absolute Gasteiger partial charge is 0.184 e. The highest BCUT2D eigenvalue weighted by Crippen LogP contribution is 2.40. The summed E-state index contributed by atoms with van der Waals surface area (Å²) in [7, 11) is -5.76. The number of Topliss-reactive ketones (excluding diaryl/α,β-unsaturated/α-hetero) is 2. The maximum Gasteiger partial charge on any atom is 0.184 e. The molecule has 2 fully saturated rings. The molecule has 8 atom stereocenters. The van der Waals surface area contributed by atoms with E-state index in [1.54, 1.807) is 36.7 Å². The van der Waals surface area contributed by atoms with Gasteiger partial charge in [0.05, 0.1) is 43.5 Å². The zero-order valence-electron chi connectivity index (χ0n) is 31.5. The van der Waals surface area contributed by atoms with Crippen LogP contribution in [0, 0.1) is 11.8 Å². The number of rotatable bonds is 18. The van der Waals surface area contributed by atoms with Gasteiger partial charge in [-0.15, -0.1) is 0 Å². The zero-order chi connectivity index (χ0) is 36.1. The fraction of sp³-hybridized carbons (Fsp3) is 0.649. The van der Waals surface area contributed by atoms with Gasteiger partial charge in [0.1, 0.15) is 18.1 Å². The number of nitrogens with zero attached hydrogens (tertiary/aromatic N) is 1. The Labute approximate surface area is 297 Å². The molecule has 2 aliphatic rings. The lowest BCUT2D eigenvalue weighted by molar-refractivity contribution is -0.158. The third-order valence-electron chi connectivity index (χ3n) is 8.72. The van der Waals surface area contributed by atoms with Crippen molar-refractivity contribution in [3.8, 4) is 5.75 Å². The molecule has 2 aliphatic heterocycles. The third kappa shape index (κ3) is 12.9. The molecule has 0 spiro atoms. The number of ether oxygens (including phenoxy) is 3. The van der Waals surface area contributed by atoms with Crippen LogP contribution in [-0.2, 0) is 34.2 Å². The number of pyridine rings is 1. The van der Waals surface area contributed by atoms with E-state index >= 15 is 0 Å². The van der Waals surface area contributed by atoms with E-state index in [1.165, 1.54) is 0 Å². The number of hydrogen-bond acceptors (Lipinski definition) is 9. The Kier molecular flexibility index (Phi) is 13.4. The third-order valence-corrected chi connectivity index (χ3v) is 11.8. The average Bonchev–Trinajstić information content (AvgIpc) is 3.76. The second-order valence-corrected chi connectivity index (χ2v) is 30.1. The summed E-state index contributed by atoms with van der Waals surface area (Å²) in [6, 6.07) is 10.7. The van der Waals surface area contributed by atoms with Crippen molar-refractivity contribution in [3.63, 3.8) is 0 Å². The quantitative estimate of drug-likeness (QED) is 0.0661. The van der Waals surface area contributed by atoms with Crippen molar-refractivity contribution >= 4 is 36.5 Å². The standard InChI is InChI=1S/C37H59NO8Si3/c1-25(26(2)44-47(3,4)5)35-34(43-35)22-33-37(46-49(9,10)11)36(45-48(6,7)8)29(24-42-33)20-30(39)21-32(40)28-12-14-31(15-13-28)41-23-27-16-18-38-19-17-27/h12-19,25-26,29,33-37H,20-24H2,1-11H3/t25-,26+,29+,33+,34+,35+,36-,37-/m1/s1. The normalized spacial score (nSPS) is 25.8. The van der Waals surface area contributed by atoms with Crippen LogP contribution in [0.4, 0.5) is 0 Å². The molecule has 2 aromatic rings. The highest BCUT2D eigenvalue weighted by Gasteiger charge is 2.52. The van der Waals surface area contributed by atoms with Crippen LogP contribution in [0.2, 0.25) is 58.9 Å². The number of benzene rings is 1. The molecule has 49 heavy (non-hydrogen) atoms. The van der Waals surface area contributed by atoms with Gasteiger partial charge in [0.2, 0.25) is 0 Å². The van der Waals surface area contributed by atoms with Crippen molar-refractivity contribution in [2.24, 2.45) is 11.8 Å². The minimum atomic E-state index is -2.05. The maximum absolute atomic E-state index is 13.5. The molecule has 4 rings (SSSR count).